The van der Waals surface area contributed by atoms with Gasteiger partial charge in [0.15, 0.2) is 11.5 Å². The van der Waals surface area contributed by atoms with Gasteiger partial charge in [-0.1, -0.05) is 30.3 Å². The number of nitrogens with one attached hydrogen (secondary N) is 2. The minimum atomic E-state index is -0.928. The van der Waals surface area contributed by atoms with Gasteiger partial charge in [0, 0.05) is 17.8 Å². The van der Waals surface area contributed by atoms with Gasteiger partial charge in [0.1, 0.15) is 6.04 Å². The Kier molecular flexibility index (Phi) is 6.26. The first-order chi connectivity index (χ1) is 12.5. The number of imide groups is 1. The molecule has 0 aromatic heterocycles. The largest absolute Gasteiger partial charge is 0.493 e. The van der Waals surface area contributed by atoms with E-state index in [2.05, 4.69) is 10.6 Å². The second kappa shape index (κ2) is 8.61. The molecule has 0 aliphatic carbocycles. The van der Waals surface area contributed by atoms with Gasteiger partial charge in [-0.15, -0.1) is 0 Å². The summed E-state index contributed by atoms with van der Waals surface area (Å²) in [5.41, 5.74) is 6.26. The van der Waals surface area contributed by atoms with E-state index >= 15 is 0 Å². The van der Waals surface area contributed by atoms with Gasteiger partial charge in [-0.3, -0.25) is 10.1 Å². The van der Waals surface area contributed by atoms with Gasteiger partial charge >= 0.3 is 6.03 Å². The Labute approximate surface area is 151 Å². The van der Waals surface area contributed by atoms with Crippen LogP contribution in [0.2, 0.25) is 0 Å². The lowest BCUT2D eigenvalue weighted by Crippen LogP contribution is -2.40. The van der Waals surface area contributed by atoms with E-state index in [1.165, 1.54) is 21.3 Å². The molecule has 0 saturated heterocycles. The number of carbonyl (C=O) groups excluding carboxylic acids is 2. The number of amides is 3. The van der Waals surface area contributed by atoms with Crippen molar-refractivity contribution in [2.75, 3.05) is 26.6 Å². The molecule has 2 aromatic carbocycles. The molecule has 0 spiro atoms. The van der Waals surface area contributed by atoms with Crippen LogP contribution in [0, 0.1) is 0 Å². The van der Waals surface area contributed by atoms with E-state index < -0.39 is 18.0 Å². The van der Waals surface area contributed by atoms with Crippen LogP contribution in [0.4, 0.5) is 10.5 Å². The first kappa shape index (κ1) is 18.9. The normalized spacial score (nSPS) is 11.2. The molecule has 0 radical (unpaired) electrons. The molecule has 0 unspecified atom stereocenters. The molecule has 3 amide bonds. The molecule has 138 valence electrons. The lowest BCUT2D eigenvalue weighted by atomic mass is 10.1. The third-order valence-electron chi connectivity index (χ3n) is 3.62. The Morgan fingerprint density at radius 2 is 1.54 bits per heavy atom. The number of rotatable bonds is 7. The van der Waals surface area contributed by atoms with Crippen molar-refractivity contribution in [3.8, 4) is 17.2 Å². The number of benzene rings is 2. The lowest BCUT2D eigenvalue weighted by Gasteiger charge is -2.21. The molecule has 0 bridgehead atoms. The van der Waals surface area contributed by atoms with E-state index in [9.17, 15) is 9.59 Å². The minimum Gasteiger partial charge on any atom is -0.493 e. The molecular weight excluding hydrogens is 338 g/mol. The number of hydrogen-bond donors (Lipinski definition) is 3. The van der Waals surface area contributed by atoms with Crippen LogP contribution in [0.25, 0.3) is 0 Å². The number of urea groups is 1. The third-order valence-corrected chi connectivity index (χ3v) is 3.62. The van der Waals surface area contributed by atoms with E-state index in [-0.39, 0.29) is 0 Å². The predicted molar refractivity (Wildman–Crippen MR) is 96.6 cm³/mol. The van der Waals surface area contributed by atoms with E-state index in [1.54, 1.807) is 36.4 Å². The van der Waals surface area contributed by atoms with Crippen molar-refractivity contribution in [1.29, 1.82) is 0 Å². The van der Waals surface area contributed by atoms with Crippen molar-refractivity contribution in [3.05, 3.63) is 48.0 Å². The summed E-state index contributed by atoms with van der Waals surface area (Å²) < 4.78 is 15.9. The second-order valence-electron chi connectivity index (χ2n) is 5.26. The summed E-state index contributed by atoms with van der Waals surface area (Å²) in [4.78, 5) is 23.5. The zero-order valence-electron chi connectivity index (χ0n) is 14.7. The van der Waals surface area contributed by atoms with Gasteiger partial charge in [0.05, 0.1) is 21.3 Å². The maximum Gasteiger partial charge on any atom is 0.318 e. The molecule has 0 heterocycles. The average Bonchev–Trinajstić information content (AvgIpc) is 2.65. The number of methoxy groups -OCH3 is 3. The Morgan fingerprint density at radius 1 is 0.962 bits per heavy atom. The number of anilines is 1. The summed E-state index contributed by atoms with van der Waals surface area (Å²) in [6, 6.07) is 10.5. The highest BCUT2D eigenvalue weighted by molar-refractivity contribution is 5.98. The lowest BCUT2D eigenvalue weighted by molar-refractivity contribution is -0.120. The van der Waals surface area contributed by atoms with E-state index in [4.69, 9.17) is 19.9 Å². The molecule has 0 aliphatic heterocycles. The topological polar surface area (TPSA) is 112 Å². The number of nitrogens with two attached hydrogens (primary N) is 1. The van der Waals surface area contributed by atoms with Crippen LogP contribution in [0.1, 0.15) is 11.6 Å². The van der Waals surface area contributed by atoms with Crippen molar-refractivity contribution < 1.29 is 23.8 Å². The van der Waals surface area contributed by atoms with Gasteiger partial charge in [-0.05, 0) is 5.56 Å². The number of hydrogen-bond acceptors (Lipinski definition) is 6. The summed E-state index contributed by atoms with van der Waals surface area (Å²) in [5, 5.41) is 5.16. The number of ether oxygens (including phenoxy) is 3. The van der Waals surface area contributed by atoms with Gasteiger partial charge in [0.25, 0.3) is 5.91 Å². The zero-order chi connectivity index (χ0) is 19.1. The third kappa shape index (κ3) is 4.35. The fraction of sp³-hybridized carbons (Fsp3) is 0.222. The highest BCUT2D eigenvalue weighted by atomic mass is 16.5. The average molecular weight is 359 g/mol. The highest BCUT2D eigenvalue weighted by Crippen LogP contribution is 2.40. The monoisotopic (exact) mass is 359 g/mol. The Hall–Kier alpha value is -3.42. The SMILES string of the molecule is COc1cc(N[C@H](C(=O)NC(N)=O)c2ccccc2)cc(OC)c1OC. The first-order valence-corrected chi connectivity index (χ1v) is 7.72. The number of carbonyl (C=O) groups is 2. The van der Waals surface area contributed by atoms with Crippen LogP contribution >= 0.6 is 0 Å². The van der Waals surface area contributed by atoms with Crippen LogP contribution in [0.3, 0.4) is 0 Å². The fourth-order valence-electron chi connectivity index (χ4n) is 2.47. The molecule has 26 heavy (non-hydrogen) atoms. The van der Waals surface area contributed by atoms with Crippen LogP contribution in [-0.4, -0.2) is 33.3 Å². The zero-order valence-corrected chi connectivity index (χ0v) is 14.7. The smallest absolute Gasteiger partial charge is 0.318 e. The number of primary amides is 1. The molecule has 2 aromatic rings. The molecule has 0 saturated carbocycles. The standard InChI is InChI=1S/C18H21N3O5/c1-24-13-9-12(10-14(25-2)16(13)26-3)20-15(17(22)21-18(19)23)11-7-5-4-6-8-11/h4-10,15,20H,1-3H3,(H3,19,21,22,23)/t15-/m0/s1. The molecule has 0 aliphatic rings. The van der Waals surface area contributed by atoms with Crippen molar-refractivity contribution in [2.45, 2.75) is 6.04 Å². The van der Waals surface area contributed by atoms with E-state index in [0.29, 0.717) is 28.5 Å². The fourth-order valence-corrected chi connectivity index (χ4v) is 2.47. The summed E-state index contributed by atoms with van der Waals surface area (Å²) in [6.45, 7) is 0. The molecule has 8 nitrogen and oxygen atoms in total. The quantitative estimate of drug-likeness (QED) is 0.698. The van der Waals surface area contributed by atoms with Crippen molar-refractivity contribution in [3.63, 3.8) is 0 Å². The van der Waals surface area contributed by atoms with Crippen molar-refractivity contribution in [1.82, 2.24) is 5.32 Å². The maximum absolute atomic E-state index is 12.4. The second-order valence-corrected chi connectivity index (χ2v) is 5.26. The summed E-state index contributed by atoms with van der Waals surface area (Å²) in [6.07, 6.45) is 0. The van der Waals surface area contributed by atoms with Crippen LogP contribution in [0.15, 0.2) is 42.5 Å². The molecule has 1 atom stereocenters. The van der Waals surface area contributed by atoms with Gasteiger partial charge in [-0.25, -0.2) is 4.79 Å². The molecule has 4 N–H and O–H groups in total. The van der Waals surface area contributed by atoms with Crippen LogP contribution in [0.5, 0.6) is 17.2 Å². The Morgan fingerprint density at radius 3 is 2.00 bits per heavy atom. The van der Waals surface area contributed by atoms with Crippen LogP contribution < -0.4 is 30.6 Å². The molecule has 8 heteroatoms. The van der Waals surface area contributed by atoms with E-state index in [1.807, 2.05) is 6.07 Å². The highest BCUT2D eigenvalue weighted by Gasteiger charge is 2.23. The summed E-state index contributed by atoms with van der Waals surface area (Å²) in [5.74, 6) is 0.698. The first-order valence-electron chi connectivity index (χ1n) is 7.72. The Bertz CT molecular complexity index is 755. The predicted octanol–water partition coefficient (Wildman–Crippen LogP) is 2.06. The maximum atomic E-state index is 12.4. The van der Waals surface area contributed by atoms with Crippen molar-refractivity contribution in [2.24, 2.45) is 5.73 Å². The molecule has 0 fully saturated rings. The van der Waals surface area contributed by atoms with Gasteiger partial charge in [-0.2, -0.15) is 0 Å². The summed E-state index contributed by atoms with van der Waals surface area (Å²) in [7, 11) is 4.49. The minimum absolute atomic E-state index is 0.427. The Balaban J connectivity index is 2.42. The van der Waals surface area contributed by atoms with E-state index in [0.717, 1.165) is 0 Å². The van der Waals surface area contributed by atoms with Crippen LogP contribution in [-0.2, 0) is 4.79 Å². The van der Waals surface area contributed by atoms with Crippen molar-refractivity contribution >= 4 is 17.6 Å². The van der Waals surface area contributed by atoms with Gasteiger partial charge < -0.3 is 25.3 Å². The molecular formula is C18H21N3O5. The summed E-state index contributed by atoms with van der Waals surface area (Å²) >= 11 is 0. The molecule has 2 rings (SSSR count). The van der Waals surface area contributed by atoms with Gasteiger partial charge in [0.2, 0.25) is 5.75 Å².